The molecule has 0 saturated carbocycles. The molecule has 2 rings (SSSR count). The minimum Gasteiger partial charge on any atom is -0.368 e. The number of amides is 1. The molecule has 122 valence electrons. The van der Waals surface area contributed by atoms with E-state index < -0.39 is 22.0 Å². The van der Waals surface area contributed by atoms with Crippen LogP contribution in [-0.4, -0.2) is 36.5 Å². The van der Waals surface area contributed by atoms with Crippen LogP contribution < -0.4 is 5.73 Å². The summed E-state index contributed by atoms with van der Waals surface area (Å²) < 4.78 is 26.6. The standard InChI is InChI=1S/C15H22N2O3S2/c1-15(2,3)10-4-6-12(7-5-10)22(19,20)17-9-11(21)8-13(17)14(16)18/h4-7,11,13,21H,8-9H2,1-3H3,(H2,16,18). The van der Waals surface area contributed by atoms with Gasteiger partial charge >= 0.3 is 0 Å². The topological polar surface area (TPSA) is 80.5 Å². The highest BCUT2D eigenvalue weighted by Crippen LogP contribution is 2.30. The number of primary amides is 1. The van der Waals surface area contributed by atoms with Crippen LogP contribution >= 0.6 is 12.6 Å². The van der Waals surface area contributed by atoms with Crippen molar-refractivity contribution >= 4 is 28.6 Å². The Labute approximate surface area is 137 Å². The van der Waals surface area contributed by atoms with Crippen LogP contribution in [0.15, 0.2) is 29.2 Å². The summed E-state index contributed by atoms with van der Waals surface area (Å²) in [6.07, 6.45) is 0.345. The third-order valence-corrected chi connectivity index (χ3v) is 6.15. The summed E-state index contributed by atoms with van der Waals surface area (Å²) in [6.45, 7) is 6.38. The molecule has 1 amide bonds. The molecule has 2 N–H and O–H groups in total. The largest absolute Gasteiger partial charge is 0.368 e. The van der Waals surface area contributed by atoms with Gasteiger partial charge in [0.15, 0.2) is 0 Å². The molecule has 2 unspecified atom stereocenters. The molecule has 7 heteroatoms. The Morgan fingerprint density at radius 3 is 2.27 bits per heavy atom. The fraction of sp³-hybridized carbons (Fsp3) is 0.533. The highest BCUT2D eigenvalue weighted by Gasteiger charge is 2.42. The van der Waals surface area contributed by atoms with Crippen molar-refractivity contribution in [1.29, 1.82) is 0 Å². The van der Waals surface area contributed by atoms with Gasteiger partial charge in [0.1, 0.15) is 6.04 Å². The zero-order chi connectivity index (χ0) is 16.7. The minimum absolute atomic E-state index is 0.0537. The fourth-order valence-corrected chi connectivity index (χ4v) is 4.71. The molecule has 0 spiro atoms. The third kappa shape index (κ3) is 3.31. The molecular formula is C15H22N2O3S2. The first-order chi connectivity index (χ1) is 10.0. The van der Waals surface area contributed by atoms with E-state index in [4.69, 9.17) is 5.73 Å². The summed E-state index contributed by atoms with van der Waals surface area (Å²) in [5, 5.41) is -0.180. The SMILES string of the molecule is CC(C)(C)c1ccc(S(=O)(=O)N2CC(S)CC2C(N)=O)cc1. The maximum atomic E-state index is 12.7. The zero-order valence-corrected chi connectivity index (χ0v) is 14.7. The molecule has 1 saturated heterocycles. The predicted molar refractivity (Wildman–Crippen MR) is 89.4 cm³/mol. The van der Waals surface area contributed by atoms with Gasteiger partial charge in [-0.05, 0) is 29.5 Å². The van der Waals surface area contributed by atoms with Gasteiger partial charge in [-0.25, -0.2) is 8.42 Å². The van der Waals surface area contributed by atoms with Crippen molar-refractivity contribution in [1.82, 2.24) is 4.31 Å². The second-order valence-corrected chi connectivity index (χ2v) is 9.28. The predicted octanol–water partition coefficient (Wildman–Crippen LogP) is 1.53. The van der Waals surface area contributed by atoms with Crippen molar-refractivity contribution in [3.63, 3.8) is 0 Å². The monoisotopic (exact) mass is 342 g/mol. The number of hydrogen-bond acceptors (Lipinski definition) is 4. The van der Waals surface area contributed by atoms with Crippen LogP contribution in [0.4, 0.5) is 0 Å². The van der Waals surface area contributed by atoms with Gasteiger partial charge in [0.25, 0.3) is 0 Å². The third-order valence-electron chi connectivity index (χ3n) is 3.89. The lowest BCUT2D eigenvalue weighted by molar-refractivity contribution is -0.121. The Kier molecular flexibility index (Phi) is 4.61. The highest BCUT2D eigenvalue weighted by atomic mass is 32.2. The van der Waals surface area contributed by atoms with Crippen molar-refractivity contribution in [3.05, 3.63) is 29.8 Å². The van der Waals surface area contributed by atoms with Gasteiger partial charge in [0.2, 0.25) is 15.9 Å². The first-order valence-corrected chi connectivity index (χ1v) is 9.09. The Morgan fingerprint density at radius 2 is 1.82 bits per heavy atom. The minimum atomic E-state index is -3.74. The van der Waals surface area contributed by atoms with Gasteiger partial charge in [-0.15, -0.1) is 0 Å². The maximum absolute atomic E-state index is 12.7. The quantitative estimate of drug-likeness (QED) is 0.818. The van der Waals surface area contributed by atoms with Crippen LogP contribution in [0.2, 0.25) is 0 Å². The summed E-state index contributed by atoms with van der Waals surface area (Å²) in [7, 11) is -3.74. The van der Waals surface area contributed by atoms with E-state index in [-0.39, 0.29) is 22.1 Å². The summed E-state index contributed by atoms with van der Waals surface area (Å²) in [4.78, 5) is 11.7. The average Bonchev–Trinajstić information content (AvgIpc) is 2.81. The first-order valence-electron chi connectivity index (χ1n) is 7.13. The van der Waals surface area contributed by atoms with Crippen LogP contribution in [0.25, 0.3) is 0 Å². The zero-order valence-electron chi connectivity index (χ0n) is 13.0. The van der Waals surface area contributed by atoms with E-state index in [9.17, 15) is 13.2 Å². The molecule has 1 aliphatic heterocycles. The van der Waals surface area contributed by atoms with Crippen molar-refractivity contribution in [2.24, 2.45) is 5.73 Å². The van der Waals surface area contributed by atoms with E-state index in [1.807, 2.05) is 0 Å². The normalized spacial score (nSPS) is 23.6. The molecule has 0 aromatic heterocycles. The second kappa shape index (κ2) is 5.86. The molecule has 0 bridgehead atoms. The number of thiol groups is 1. The highest BCUT2D eigenvalue weighted by molar-refractivity contribution is 7.89. The number of rotatable bonds is 3. The Balaban J connectivity index is 2.36. The van der Waals surface area contributed by atoms with E-state index in [0.717, 1.165) is 5.56 Å². The number of carbonyl (C=O) groups is 1. The summed E-state index contributed by atoms with van der Waals surface area (Å²) in [5.74, 6) is -0.633. The van der Waals surface area contributed by atoms with Crippen LogP contribution in [-0.2, 0) is 20.2 Å². The van der Waals surface area contributed by atoms with Crippen molar-refractivity contribution in [2.45, 2.75) is 48.8 Å². The lowest BCUT2D eigenvalue weighted by atomic mass is 9.87. The molecule has 1 aromatic carbocycles. The van der Waals surface area contributed by atoms with Crippen LogP contribution in [0.1, 0.15) is 32.8 Å². The van der Waals surface area contributed by atoms with Gasteiger partial charge in [0, 0.05) is 11.8 Å². The first kappa shape index (κ1) is 17.3. The lowest BCUT2D eigenvalue weighted by Crippen LogP contribution is -2.43. The van der Waals surface area contributed by atoms with E-state index in [1.54, 1.807) is 24.3 Å². The Bertz CT molecular complexity index is 663. The molecule has 5 nitrogen and oxygen atoms in total. The number of sulfonamides is 1. The molecule has 1 heterocycles. The van der Waals surface area contributed by atoms with Gasteiger partial charge in [-0.1, -0.05) is 32.9 Å². The van der Waals surface area contributed by atoms with E-state index in [1.165, 1.54) is 4.31 Å². The fourth-order valence-electron chi connectivity index (χ4n) is 2.57. The van der Waals surface area contributed by atoms with Crippen molar-refractivity contribution in [3.8, 4) is 0 Å². The van der Waals surface area contributed by atoms with Crippen molar-refractivity contribution in [2.75, 3.05) is 6.54 Å². The van der Waals surface area contributed by atoms with Crippen molar-refractivity contribution < 1.29 is 13.2 Å². The number of nitrogens with zero attached hydrogens (tertiary/aromatic N) is 1. The van der Waals surface area contributed by atoms with Crippen LogP contribution in [0, 0.1) is 0 Å². The molecule has 22 heavy (non-hydrogen) atoms. The van der Waals surface area contributed by atoms with Gasteiger partial charge in [0.05, 0.1) is 4.90 Å². The van der Waals surface area contributed by atoms with E-state index in [0.29, 0.717) is 6.42 Å². The number of carbonyl (C=O) groups excluding carboxylic acids is 1. The van der Waals surface area contributed by atoms with Gasteiger partial charge in [-0.3, -0.25) is 4.79 Å². The molecule has 1 aliphatic rings. The summed E-state index contributed by atoms with van der Waals surface area (Å²) in [5.41, 5.74) is 6.32. The Morgan fingerprint density at radius 1 is 1.27 bits per heavy atom. The maximum Gasteiger partial charge on any atom is 0.243 e. The lowest BCUT2D eigenvalue weighted by Gasteiger charge is -2.23. The molecular weight excluding hydrogens is 320 g/mol. The van der Waals surface area contributed by atoms with Crippen LogP contribution in [0.3, 0.4) is 0 Å². The number of hydrogen-bond donors (Lipinski definition) is 2. The van der Waals surface area contributed by atoms with Gasteiger partial charge in [-0.2, -0.15) is 16.9 Å². The average molecular weight is 342 g/mol. The summed E-state index contributed by atoms with van der Waals surface area (Å²) in [6, 6.07) is 5.95. The Hall–Kier alpha value is -1.05. The summed E-state index contributed by atoms with van der Waals surface area (Å²) >= 11 is 4.29. The molecule has 2 atom stereocenters. The molecule has 1 fully saturated rings. The smallest absolute Gasteiger partial charge is 0.243 e. The second-order valence-electron chi connectivity index (χ2n) is 6.66. The molecule has 0 radical (unpaired) electrons. The number of benzene rings is 1. The van der Waals surface area contributed by atoms with E-state index >= 15 is 0 Å². The molecule has 0 aliphatic carbocycles. The van der Waals surface area contributed by atoms with E-state index in [2.05, 4.69) is 33.4 Å². The molecule has 1 aromatic rings. The van der Waals surface area contributed by atoms with Gasteiger partial charge < -0.3 is 5.73 Å². The number of nitrogens with two attached hydrogens (primary N) is 1. The van der Waals surface area contributed by atoms with Crippen LogP contribution in [0.5, 0.6) is 0 Å².